The standard InChI is InChI=1S/C22H18BrN3O3/c1-26(12-4-11-24)21(27)14-29-22(28)18-13-20(15-7-9-16(23)10-8-15)25-19-6-3-2-5-17(18)19/h2-3,5-10,13H,4,12,14H2,1H3. The van der Waals surface area contributed by atoms with Crippen molar-refractivity contribution in [2.45, 2.75) is 6.42 Å². The fourth-order valence-corrected chi connectivity index (χ4v) is 3.03. The molecule has 2 aromatic carbocycles. The number of para-hydroxylation sites is 1. The summed E-state index contributed by atoms with van der Waals surface area (Å²) in [6, 6.07) is 18.6. The van der Waals surface area contributed by atoms with Gasteiger partial charge in [0.25, 0.3) is 5.91 Å². The lowest BCUT2D eigenvalue weighted by Gasteiger charge is -2.15. The molecule has 0 aliphatic carbocycles. The molecule has 3 aromatic rings. The second kappa shape index (κ2) is 9.30. The topological polar surface area (TPSA) is 83.3 Å². The number of likely N-dealkylation sites (N-methyl/N-ethyl adjacent to an activating group) is 1. The zero-order chi connectivity index (χ0) is 20.8. The van der Waals surface area contributed by atoms with Gasteiger partial charge in [0.2, 0.25) is 0 Å². The molecule has 0 saturated carbocycles. The van der Waals surface area contributed by atoms with E-state index in [1.807, 2.05) is 48.5 Å². The van der Waals surface area contributed by atoms with Gasteiger partial charge < -0.3 is 9.64 Å². The molecule has 7 heteroatoms. The molecule has 1 aromatic heterocycles. The predicted molar refractivity (Wildman–Crippen MR) is 113 cm³/mol. The molecule has 0 N–H and O–H groups in total. The number of pyridine rings is 1. The van der Waals surface area contributed by atoms with Crippen LogP contribution >= 0.6 is 15.9 Å². The van der Waals surface area contributed by atoms with E-state index in [2.05, 4.69) is 20.9 Å². The molecule has 3 rings (SSSR count). The Kier molecular flexibility index (Phi) is 6.57. The average Bonchev–Trinajstić information content (AvgIpc) is 2.75. The first kappa shape index (κ1) is 20.5. The Morgan fingerprint density at radius 3 is 2.62 bits per heavy atom. The first-order valence-corrected chi connectivity index (χ1v) is 9.72. The van der Waals surface area contributed by atoms with Crippen molar-refractivity contribution in [2.24, 2.45) is 0 Å². The minimum atomic E-state index is -0.594. The first-order chi connectivity index (χ1) is 14.0. The van der Waals surface area contributed by atoms with E-state index in [1.165, 1.54) is 4.90 Å². The second-order valence-corrected chi connectivity index (χ2v) is 7.29. The number of nitriles is 1. The van der Waals surface area contributed by atoms with E-state index in [9.17, 15) is 9.59 Å². The minimum Gasteiger partial charge on any atom is -0.452 e. The monoisotopic (exact) mass is 451 g/mol. The van der Waals surface area contributed by atoms with E-state index in [0.29, 0.717) is 28.7 Å². The third-order valence-corrected chi connectivity index (χ3v) is 4.92. The van der Waals surface area contributed by atoms with Crippen LogP contribution in [0.25, 0.3) is 22.2 Å². The number of aromatic nitrogens is 1. The van der Waals surface area contributed by atoms with Crippen LogP contribution < -0.4 is 0 Å². The van der Waals surface area contributed by atoms with Crippen LogP contribution in [0.3, 0.4) is 0 Å². The Hall–Kier alpha value is -3.24. The quantitative estimate of drug-likeness (QED) is 0.524. The summed E-state index contributed by atoms with van der Waals surface area (Å²) in [6.45, 7) is -0.0934. The third-order valence-electron chi connectivity index (χ3n) is 4.39. The van der Waals surface area contributed by atoms with Gasteiger partial charge in [-0.15, -0.1) is 0 Å². The number of nitrogens with zero attached hydrogens (tertiary/aromatic N) is 3. The molecule has 0 bridgehead atoms. The molecule has 29 heavy (non-hydrogen) atoms. The molecule has 0 atom stereocenters. The number of amides is 1. The third kappa shape index (κ3) is 4.98. The summed E-state index contributed by atoms with van der Waals surface area (Å²) in [4.78, 5) is 30.9. The van der Waals surface area contributed by atoms with E-state index in [4.69, 9.17) is 10.00 Å². The molecule has 0 unspecified atom stereocenters. The zero-order valence-electron chi connectivity index (χ0n) is 15.8. The molecule has 0 aliphatic rings. The fourth-order valence-electron chi connectivity index (χ4n) is 2.77. The van der Waals surface area contributed by atoms with Crippen molar-refractivity contribution in [3.05, 3.63) is 64.6 Å². The molecule has 1 heterocycles. The fraction of sp³-hybridized carbons (Fsp3) is 0.182. The molecule has 0 aliphatic heterocycles. The van der Waals surface area contributed by atoms with E-state index in [0.717, 1.165) is 10.0 Å². The highest BCUT2D eigenvalue weighted by atomic mass is 79.9. The maximum absolute atomic E-state index is 12.8. The minimum absolute atomic E-state index is 0.224. The summed E-state index contributed by atoms with van der Waals surface area (Å²) >= 11 is 3.41. The summed E-state index contributed by atoms with van der Waals surface area (Å²) < 4.78 is 6.21. The number of carbonyl (C=O) groups is 2. The summed E-state index contributed by atoms with van der Waals surface area (Å²) in [7, 11) is 1.57. The highest BCUT2D eigenvalue weighted by Gasteiger charge is 2.17. The van der Waals surface area contributed by atoms with Gasteiger partial charge in [-0.05, 0) is 24.3 Å². The van der Waals surface area contributed by atoms with Crippen LogP contribution in [0, 0.1) is 11.3 Å². The molecule has 1 amide bonds. The molecule has 0 spiro atoms. The van der Waals surface area contributed by atoms with Crippen LogP contribution in [-0.4, -0.2) is 42.0 Å². The molecule has 0 fully saturated rings. The molecule has 146 valence electrons. The van der Waals surface area contributed by atoms with Gasteiger partial charge in [-0.2, -0.15) is 5.26 Å². The zero-order valence-corrected chi connectivity index (χ0v) is 17.3. The number of benzene rings is 2. The van der Waals surface area contributed by atoms with Crippen LogP contribution in [0.4, 0.5) is 0 Å². The van der Waals surface area contributed by atoms with Crippen LogP contribution in [0.15, 0.2) is 59.1 Å². The number of fused-ring (bicyclic) bond motifs is 1. The lowest BCUT2D eigenvalue weighted by molar-refractivity contribution is -0.133. The van der Waals surface area contributed by atoms with E-state index >= 15 is 0 Å². The molecule has 0 radical (unpaired) electrons. The molecular weight excluding hydrogens is 434 g/mol. The largest absolute Gasteiger partial charge is 0.452 e. The highest BCUT2D eigenvalue weighted by molar-refractivity contribution is 9.10. The molecule has 6 nitrogen and oxygen atoms in total. The molecular formula is C22H18BrN3O3. The first-order valence-electron chi connectivity index (χ1n) is 8.93. The van der Waals surface area contributed by atoms with Crippen LogP contribution in [0.5, 0.6) is 0 Å². The SMILES string of the molecule is CN(CCC#N)C(=O)COC(=O)c1cc(-c2ccc(Br)cc2)nc2ccccc12. The van der Waals surface area contributed by atoms with Crippen molar-refractivity contribution in [3.63, 3.8) is 0 Å². The lowest BCUT2D eigenvalue weighted by Crippen LogP contribution is -2.32. The smallest absolute Gasteiger partial charge is 0.339 e. The maximum Gasteiger partial charge on any atom is 0.339 e. The van der Waals surface area contributed by atoms with Crippen LogP contribution in [0.1, 0.15) is 16.8 Å². The maximum atomic E-state index is 12.8. The summed E-state index contributed by atoms with van der Waals surface area (Å²) in [5.41, 5.74) is 2.51. The normalized spacial score (nSPS) is 10.4. The lowest BCUT2D eigenvalue weighted by atomic mass is 10.0. The second-order valence-electron chi connectivity index (χ2n) is 6.38. The van der Waals surface area contributed by atoms with Gasteiger partial charge >= 0.3 is 5.97 Å². The van der Waals surface area contributed by atoms with Crippen molar-refractivity contribution < 1.29 is 14.3 Å². The van der Waals surface area contributed by atoms with E-state index < -0.39 is 5.97 Å². The Morgan fingerprint density at radius 1 is 1.17 bits per heavy atom. The Labute approximate surface area is 176 Å². The average molecular weight is 452 g/mol. The number of hydrogen-bond acceptors (Lipinski definition) is 5. The number of carbonyl (C=O) groups excluding carboxylic acids is 2. The van der Waals surface area contributed by atoms with Crippen molar-refractivity contribution in [2.75, 3.05) is 20.2 Å². The number of esters is 1. The van der Waals surface area contributed by atoms with Crippen LogP contribution in [-0.2, 0) is 9.53 Å². The van der Waals surface area contributed by atoms with Gasteiger partial charge in [0.05, 0.1) is 29.3 Å². The molecule has 0 saturated heterocycles. The van der Waals surface area contributed by atoms with Crippen molar-refractivity contribution in [3.8, 4) is 17.3 Å². The number of hydrogen-bond donors (Lipinski definition) is 0. The Bertz CT molecular complexity index is 1090. The number of halogens is 1. The van der Waals surface area contributed by atoms with E-state index in [-0.39, 0.29) is 18.9 Å². The summed E-state index contributed by atoms with van der Waals surface area (Å²) in [5, 5.41) is 9.27. The van der Waals surface area contributed by atoms with Crippen molar-refractivity contribution in [1.82, 2.24) is 9.88 Å². The predicted octanol–water partition coefficient (Wildman–Crippen LogP) is 4.19. The van der Waals surface area contributed by atoms with Gasteiger partial charge in [0.1, 0.15) is 0 Å². The summed E-state index contributed by atoms with van der Waals surface area (Å²) in [5.74, 6) is -0.955. The van der Waals surface area contributed by atoms with Crippen LogP contribution in [0.2, 0.25) is 0 Å². The van der Waals surface area contributed by atoms with Gasteiger partial charge in [-0.25, -0.2) is 9.78 Å². The van der Waals surface area contributed by atoms with Gasteiger partial charge in [0, 0.05) is 29.0 Å². The Balaban J connectivity index is 1.87. The highest BCUT2D eigenvalue weighted by Crippen LogP contribution is 2.26. The van der Waals surface area contributed by atoms with E-state index in [1.54, 1.807) is 19.2 Å². The van der Waals surface area contributed by atoms with Crippen molar-refractivity contribution >= 4 is 38.7 Å². The number of ether oxygens (including phenoxy) is 1. The Morgan fingerprint density at radius 2 is 1.90 bits per heavy atom. The number of rotatable bonds is 6. The van der Waals surface area contributed by atoms with Crippen molar-refractivity contribution in [1.29, 1.82) is 5.26 Å². The van der Waals surface area contributed by atoms with Gasteiger partial charge in [-0.1, -0.05) is 46.3 Å². The van der Waals surface area contributed by atoms with Gasteiger partial charge in [0.15, 0.2) is 6.61 Å². The van der Waals surface area contributed by atoms with Gasteiger partial charge in [-0.3, -0.25) is 4.79 Å². The summed E-state index contributed by atoms with van der Waals surface area (Å²) in [6.07, 6.45) is 0.224.